The summed E-state index contributed by atoms with van der Waals surface area (Å²) >= 11 is 3.33. The molecule has 2 aromatic rings. The molecular weight excluding hydrogens is 336 g/mol. The first-order chi connectivity index (χ1) is 10.1. The zero-order valence-electron chi connectivity index (χ0n) is 11.3. The summed E-state index contributed by atoms with van der Waals surface area (Å²) in [5, 5.41) is 5.24. The highest BCUT2D eigenvalue weighted by atomic mass is 79.9. The van der Waals surface area contributed by atoms with Crippen molar-refractivity contribution < 1.29 is 14.0 Å². The Morgan fingerprint density at radius 2 is 1.81 bits per heavy atom. The molecule has 110 valence electrons. The lowest BCUT2D eigenvalue weighted by Crippen LogP contribution is -2.37. The zero-order valence-corrected chi connectivity index (χ0v) is 12.9. The molecule has 0 radical (unpaired) electrons. The summed E-state index contributed by atoms with van der Waals surface area (Å²) in [7, 11) is 0. The van der Waals surface area contributed by atoms with Gasteiger partial charge in [0.15, 0.2) is 0 Å². The van der Waals surface area contributed by atoms with E-state index in [9.17, 15) is 9.59 Å². The van der Waals surface area contributed by atoms with Crippen LogP contribution in [-0.2, 0) is 22.6 Å². The largest absolute Gasteiger partial charge is 0.467 e. The highest BCUT2D eigenvalue weighted by Gasteiger charge is 2.07. The monoisotopic (exact) mass is 350 g/mol. The second-order valence-electron chi connectivity index (χ2n) is 4.44. The van der Waals surface area contributed by atoms with E-state index in [1.165, 1.54) is 0 Å². The van der Waals surface area contributed by atoms with Gasteiger partial charge < -0.3 is 15.1 Å². The minimum atomic E-state index is -0.254. The summed E-state index contributed by atoms with van der Waals surface area (Å²) in [6, 6.07) is 11.0. The van der Waals surface area contributed by atoms with E-state index >= 15 is 0 Å². The van der Waals surface area contributed by atoms with E-state index in [1.807, 2.05) is 24.3 Å². The zero-order chi connectivity index (χ0) is 15.1. The van der Waals surface area contributed by atoms with Crippen LogP contribution in [0.15, 0.2) is 51.6 Å². The fourth-order valence-electron chi connectivity index (χ4n) is 1.69. The van der Waals surface area contributed by atoms with Gasteiger partial charge in [-0.3, -0.25) is 9.59 Å². The molecule has 6 heteroatoms. The average molecular weight is 351 g/mol. The van der Waals surface area contributed by atoms with Crippen LogP contribution in [0.3, 0.4) is 0 Å². The van der Waals surface area contributed by atoms with E-state index in [2.05, 4.69) is 26.6 Å². The second kappa shape index (κ2) is 7.64. The van der Waals surface area contributed by atoms with Crippen molar-refractivity contribution in [3.05, 3.63) is 58.5 Å². The summed E-state index contributed by atoms with van der Waals surface area (Å²) < 4.78 is 6.05. The SMILES string of the molecule is O=C(CNC(=O)Cc1ccc(Br)cc1)NCc1ccco1. The first kappa shape index (κ1) is 15.3. The van der Waals surface area contributed by atoms with Crippen LogP contribution in [0.25, 0.3) is 0 Å². The predicted molar refractivity (Wildman–Crippen MR) is 81.4 cm³/mol. The number of halogens is 1. The molecule has 0 aliphatic rings. The van der Waals surface area contributed by atoms with Gasteiger partial charge >= 0.3 is 0 Å². The lowest BCUT2D eigenvalue weighted by Gasteiger charge is -2.06. The molecule has 2 amide bonds. The van der Waals surface area contributed by atoms with Gasteiger partial charge in [0.05, 0.1) is 25.8 Å². The maximum absolute atomic E-state index is 11.7. The van der Waals surface area contributed by atoms with E-state index in [-0.39, 0.29) is 24.8 Å². The van der Waals surface area contributed by atoms with E-state index in [0.717, 1.165) is 10.0 Å². The Morgan fingerprint density at radius 1 is 1.05 bits per heavy atom. The van der Waals surface area contributed by atoms with Crippen LogP contribution in [0.5, 0.6) is 0 Å². The third-order valence-corrected chi connectivity index (χ3v) is 3.29. The first-order valence-corrected chi connectivity index (χ1v) is 7.23. The topological polar surface area (TPSA) is 71.3 Å². The quantitative estimate of drug-likeness (QED) is 0.837. The number of hydrogen-bond donors (Lipinski definition) is 2. The third-order valence-electron chi connectivity index (χ3n) is 2.76. The van der Waals surface area contributed by atoms with Crippen molar-refractivity contribution in [3.63, 3.8) is 0 Å². The van der Waals surface area contributed by atoms with Crippen LogP contribution in [0.2, 0.25) is 0 Å². The van der Waals surface area contributed by atoms with Crippen molar-refractivity contribution in [1.82, 2.24) is 10.6 Å². The van der Waals surface area contributed by atoms with E-state index < -0.39 is 0 Å². The van der Waals surface area contributed by atoms with E-state index in [4.69, 9.17) is 4.42 Å². The number of benzene rings is 1. The summed E-state index contributed by atoms with van der Waals surface area (Å²) in [5.41, 5.74) is 0.895. The van der Waals surface area contributed by atoms with Crippen LogP contribution >= 0.6 is 15.9 Å². The molecule has 1 aromatic carbocycles. The van der Waals surface area contributed by atoms with Gasteiger partial charge in [0.2, 0.25) is 11.8 Å². The van der Waals surface area contributed by atoms with Gasteiger partial charge in [0.1, 0.15) is 5.76 Å². The summed E-state index contributed by atoms with van der Waals surface area (Å²) in [5.74, 6) is 0.227. The normalized spacial score (nSPS) is 10.1. The molecule has 5 nitrogen and oxygen atoms in total. The first-order valence-electron chi connectivity index (χ1n) is 6.44. The lowest BCUT2D eigenvalue weighted by molar-refractivity contribution is -0.125. The lowest BCUT2D eigenvalue weighted by atomic mass is 10.1. The number of rotatable bonds is 6. The maximum Gasteiger partial charge on any atom is 0.239 e. The van der Waals surface area contributed by atoms with Gasteiger partial charge in [-0.15, -0.1) is 0 Å². The van der Waals surface area contributed by atoms with Crippen LogP contribution in [0.4, 0.5) is 0 Å². The molecule has 0 fully saturated rings. The van der Waals surface area contributed by atoms with Gasteiger partial charge in [-0.25, -0.2) is 0 Å². The van der Waals surface area contributed by atoms with Gasteiger partial charge in [-0.2, -0.15) is 0 Å². The molecule has 0 saturated carbocycles. The molecule has 0 aliphatic heterocycles. The van der Waals surface area contributed by atoms with Gasteiger partial charge in [-0.05, 0) is 29.8 Å². The smallest absolute Gasteiger partial charge is 0.239 e. The molecule has 0 saturated heterocycles. The van der Waals surface area contributed by atoms with Crippen molar-refractivity contribution in [2.24, 2.45) is 0 Å². The molecule has 0 aliphatic carbocycles. The van der Waals surface area contributed by atoms with Gasteiger partial charge in [0, 0.05) is 4.47 Å². The molecule has 2 rings (SSSR count). The number of carbonyl (C=O) groups is 2. The standard InChI is InChI=1S/C15H15BrN2O3/c16-12-5-3-11(4-6-12)8-14(19)18-10-15(20)17-9-13-2-1-7-21-13/h1-7H,8-10H2,(H,17,20)(H,18,19). The molecule has 0 bridgehead atoms. The molecule has 0 atom stereocenters. The Bertz CT molecular complexity index is 594. The molecule has 0 spiro atoms. The molecule has 21 heavy (non-hydrogen) atoms. The van der Waals surface area contributed by atoms with Crippen molar-refractivity contribution in [3.8, 4) is 0 Å². The van der Waals surface area contributed by atoms with Crippen LogP contribution in [-0.4, -0.2) is 18.4 Å². The van der Waals surface area contributed by atoms with Crippen LogP contribution < -0.4 is 10.6 Å². The summed E-state index contributed by atoms with van der Waals surface area (Å²) in [6.07, 6.45) is 1.79. The number of hydrogen-bond acceptors (Lipinski definition) is 3. The number of carbonyl (C=O) groups excluding carboxylic acids is 2. The Hall–Kier alpha value is -2.08. The predicted octanol–water partition coefficient (Wildman–Crippen LogP) is 2.02. The highest BCUT2D eigenvalue weighted by Crippen LogP contribution is 2.10. The van der Waals surface area contributed by atoms with Crippen molar-refractivity contribution in [2.75, 3.05) is 6.54 Å². The Balaban J connectivity index is 1.68. The second-order valence-corrected chi connectivity index (χ2v) is 5.35. The number of furan rings is 1. The van der Waals surface area contributed by atoms with Gasteiger partial charge in [-0.1, -0.05) is 28.1 Å². The summed E-state index contributed by atoms with van der Waals surface area (Å²) in [6.45, 7) is 0.268. The van der Waals surface area contributed by atoms with Crippen molar-refractivity contribution >= 4 is 27.7 Å². The molecule has 1 aromatic heterocycles. The fourth-order valence-corrected chi connectivity index (χ4v) is 1.95. The molecule has 0 unspecified atom stereocenters. The Kier molecular flexibility index (Phi) is 5.57. The van der Waals surface area contributed by atoms with E-state index in [0.29, 0.717) is 12.3 Å². The summed E-state index contributed by atoms with van der Waals surface area (Å²) in [4.78, 5) is 23.3. The van der Waals surface area contributed by atoms with Crippen LogP contribution in [0.1, 0.15) is 11.3 Å². The molecule has 2 N–H and O–H groups in total. The number of nitrogens with one attached hydrogen (secondary N) is 2. The van der Waals surface area contributed by atoms with Crippen LogP contribution in [0, 0.1) is 0 Å². The Morgan fingerprint density at radius 3 is 2.48 bits per heavy atom. The highest BCUT2D eigenvalue weighted by molar-refractivity contribution is 9.10. The minimum Gasteiger partial charge on any atom is -0.467 e. The Labute approximate surface area is 130 Å². The minimum absolute atomic E-state index is 0.0456. The fraction of sp³-hybridized carbons (Fsp3) is 0.200. The molecule has 1 heterocycles. The number of amides is 2. The van der Waals surface area contributed by atoms with E-state index in [1.54, 1.807) is 18.4 Å². The molecular formula is C15H15BrN2O3. The van der Waals surface area contributed by atoms with Gasteiger partial charge in [0.25, 0.3) is 0 Å². The van der Waals surface area contributed by atoms with Crippen molar-refractivity contribution in [1.29, 1.82) is 0 Å². The average Bonchev–Trinajstić information content (AvgIpc) is 2.99. The third kappa shape index (κ3) is 5.43. The van der Waals surface area contributed by atoms with Crippen molar-refractivity contribution in [2.45, 2.75) is 13.0 Å². The maximum atomic E-state index is 11.7.